The minimum atomic E-state index is -1.05. The Morgan fingerprint density at radius 3 is 2.67 bits per heavy atom. The van der Waals surface area contributed by atoms with Crippen molar-refractivity contribution in [2.45, 2.75) is 32.7 Å². The number of hydrogen-bond donors (Lipinski definition) is 2. The average molecular weight is 291 g/mol. The van der Waals surface area contributed by atoms with E-state index in [0.29, 0.717) is 19.0 Å². The summed E-state index contributed by atoms with van der Waals surface area (Å²) in [6.45, 7) is 3.84. The number of carbonyl (C=O) groups excluding carboxylic acids is 1. The van der Waals surface area contributed by atoms with Crippen LogP contribution in [0.2, 0.25) is 0 Å². The van der Waals surface area contributed by atoms with E-state index in [1.54, 1.807) is 6.07 Å². The lowest BCUT2D eigenvalue weighted by molar-refractivity contribution is 0.0690. The topological polar surface area (TPSA) is 82.5 Å². The summed E-state index contributed by atoms with van der Waals surface area (Å²) in [5, 5.41) is 11.6. The van der Waals surface area contributed by atoms with E-state index in [-0.39, 0.29) is 11.7 Å². The highest BCUT2D eigenvalue weighted by molar-refractivity contribution is 5.85. The minimum absolute atomic E-state index is 0.00486. The van der Waals surface area contributed by atoms with Gasteiger partial charge in [-0.05, 0) is 37.3 Å². The lowest BCUT2D eigenvalue weighted by Gasteiger charge is -2.31. The summed E-state index contributed by atoms with van der Waals surface area (Å²) in [6, 6.07) is 3.03. The quantitative estimate of drug-likeness (QED) is 0.841. The van der Waals surface area contributed by atoms with Gasteiger partial charge in [-0.2, -0.15) is 0 Å². The Hall–Kier alpha value is -2.11. The molecule has 21 heavy (non-hydrogen) atoms. The Bertz CT molecular complexity index is 497. The van der Waals surface area contributed by atoms with Gasteiger partial charge in [0.2, 0.25) is 0 Å². The molecule has 1 aliphatic rings. The number of aromatic nitrogens is 1. The van der Waals surface area contributed by atoms with Crippen LogP contribution in [0.1, 0.15) is 42.2 Å². The zero-order valence-electron chi connectivity index (χ0n) is 12.2. The first-order valence-electron chi connectivity index (χ1n) is 7.31. The van der Waals surface area contributed by atoms with Crippen molar-refractivity contribution in [3.8, 4) is 0 Å². The molecule has 1 saturated carbocycles. The molecule has 2 N–H and O–H groups in total. The molecule has 0 unspecified atom stereocenters. The van der Waals surface area contributed by atoms with Gasteiger partial charge in [0.25, 0.3) is 0 Å². The van der Waals surface area contributed by atoms with Gasteiger partial charge < -0.3 is 15.3 Å². The standard InChI is InChI=1S/C15H21N3O3/c1-2-18(10-11-4-3-5-11)15(21)17-9-12-6-7-13(14(19)20)16-8-12/h6-8,11H,2-5,9-10H2,1H3,(H,17,21)(H,19,20). The van der Waals surface area contributed by atoms with Gasteiger partial charge in [0.1, 0.15) is 5.69 Å². The smallest absolute Gasteiger partial charge is 0.354 e. The Morgan fingerprint density at radius 1 is 1.43 bits per heavy atom. The van der Waals surface area contributed by atoms with Gasteiger partial charge in [-0.1, -0.05) is 12.5 Å². The van der Waals surface area contributed by atoms with Crippen LogP contribution in [0.4, 0.5) is 4.79 Å². The highest BCUT2D eigenvalue weighted by atomic mass is 16.4. The Labute approximate surface area is 124 Å². The number of nitrogens with one attached hydrogen (secondary N) is 1. The summed E-state index contributed by atoms with van der Waals surface area (Å²) in [4.78, 5) is 28.5. The first-order valence-corrected chi connectivity index (χ1v) is 7.31. The van der Waals surface area contributed by atoms with E-state index in [0.717, 1.165) is 12.1 Å². The maximum atomic E-state index is 12.1. The van der Waals surface area contributed by atoms with E-state index in [2.05, 4.69) is 10.3 Å². The van der Waals surface area contributed by atoms with Gasteiger partial charge in [-0.15, -0.1) is 0 Å². The first kappa shape index (κ1) is 15.3. The molecular formula is C15H21N3O3. The molecule has 0 atom stereocenters. The average Bonchev–Trinajstić information content (AvgIpc) is 2.44. The number of pyridine rings is 1. The number of amides is 2. The fourth-order valence-electron chi connectivity index (χ4n) is 2.29. The van der Waals surface area contributed by atoms with Crippen LogP contribution in [-0.2, 0) is 6.54 Å². The van der Waals surface area contributed by atoms with E-state index >= 15 is 0 Å². The summed E-state index contributed by atoms with van der Waals surface area (Å²) < 4.78 is 0. The fourth-order valence-corrected chi connectivity index (χ4v) is 2.29. The van der Waals surface area contributed by atoms with Crippen molar-refractivity contribution < 1.29 is 14.7 Å². The molecule has 0 aliphatic heterocycles. The molecule has 1 fully saturated rings. The third kappa shape index (κ3) is 4.18. The molecule has 1 heterocycles. The van der Waals surface area contributed by atoms with Gasteiger partial charge in [0.05, 0.1) is 0 Å². The number of carboxylic acid groups (broad SMARTS) is 1. The molecule has 0 spiro atoms. The van der Waals surface area contributed by atoms with Gasteiger partial charge in [0.15, 0.2) is 0 Å². The van der Waals surface area contributed by atoms with Crippen LogP contribution in [0.5, 0.6) is 0 Å². The van der Waals surface area contributed by atoms with E-state index in [1.165, 1.54) is 31.5 Å². The largest absolute Gasteiger partial charge is 0.477 e. The molecule has 114 valence electrons. The SMILES string of the molecule is CCN(CC1CCC1)C(=O)NCc1ccc(C(=O)O)nc1. The van der Waals surface area contributed by atoms with Gasteiger partial charge >= 0.3 is 12.0 Å². The van der Waals surface area contributed by atoms with Crippen molar-refractivity contribution in [3.05, 3.63) is 29.6 Å². The summed E-state index contributed by atoms with van der Waals surface area (Å²) in [6.07, 6.45) is 5.17. The highest BCUT2D eigenvalue weighted by Crippen LogP contribution is 2.26. The van der Waals surface area contributed by atoms with Crippen molar-refractivity contribution in [2.24, 2.45) is 5.92 Å². The van der Waals surface area contributed by atoms with Gasteiger partial charge in [0, 0.05) is 25.8 Å². The molecule has 0 aromatic carbocycles. The van der Waals surface area contributed by atoms with E-state index < -0.39 is 5.97 Å². The zero-order chi connectivity index (χ0) is 15.2. The summed E-state index contributed by atoms with van der Waals surface area (Å²) in [5.74, 6) is -0.407. The van der Waals surface area contributed by atoms with E-state index in [4.69, 9.17) is 5.11 Å². The van der Waals surface area contributed by atoms with Crippen molar-refractivity contribution in [1.29, 1.82) is 0 Å². The van der Waals surface area contributed by atoms with Gasteiger partial charge in [-0.25, -0.2) is 14.6 Å². The molecular weight excluding hydrogens is 270 g/mol. The van der Waals surface area contributed by atoms with Crippen molar-refractivity contribution in [2.75, 3.05) is 13.1 Å². The molecule has 1 aromatic rings. The third-order valence-corrected chi connectivity index (χ3v) is 3.86. The predicted octanol–water partition coefficient (Wildman–Crippen LogP) is 2.11. The second-order valence-electron chi connectivity index (χ2n) is 5.35. The Morgan fingerprint density at radius 2 is 2.19 bits per heavy atom. The normalized spacial score (nSPS) is 14.3. The lowest BCUT2D eigenvalue weighted by atomic mass is 9.85. The van der Waals surface area contributed by atoms with Crippen molar-refractivity contribution >= 4 is 12.0 Å². The summed E-state index contributed by atoms with van der Waals surface area (Å²) in [7, 11) is 0. The number of carboxylic acids is 1. The maximum Gasteiger partial charge on any atom is 0.354 e. The predicted molar refractivity (Wildman–Crippen MR) is 78.0 cm³/mol. The molecule has 0 radical (unpaired) electrons. The van der Waals surface area contributed by atoms with Crippen molar-refractivity contribution in [3.63, 3.8) is 0 Å². The number of carbonyl (C=O) groups is 2. The highest BCUT2D eigenvalue weighted by Gasteiger charge is 2.22. The summed E-state index contributed by atoms with van der Waals surface area (Å²) >= 11 is 0. The molecule has 0 bridgehead atoms. The number of nitrogens with zero attached hydrogens (tertiary/aromatic N) is 2. The molecule has 2 amide bonds. The van der Waals surface area contributed by atoms with Crippen LogP contribution < -0.4 is 5.32 Å². The number of aromatic carboxylic acids is 1. The monoisotopic (exact) mass is 291 g/mol. The molecule has 6 nitrogen and oxygen atoms in total. The first-order chi connectivity index (χ1) is 10.1. The molecule has 0 saturated heterocycles. The van der Waals surface area contributed by atoms with Crippen LogP contribution in [0.15, 0.2) is 18.3 Å². The Balaban J connectivity index is 1.82. The molecule has 1 aromatic heterocycles. The van der Waals surface area contributed by atoms with Crippen LogP contribution in [0.25, 0.3) is 0 Å². The molecule has 1 aliphatic carbocycles. The lowest BCUT2D eigenvalue weighted by Crippen LogP contribution is -2.43. The van der Waals surface area contributed by atoms with Crippen molar-refractivity contribution in [1.82, 2.24) is 15.2 Å². The molecule has 6 heteroatoms. The maximum absolute atomic E-state index is 12.1. The number of urea groups is 1. The molecule has 2 rings (SSSR count). The van der Waals surface area contributed by atoms with E-state index in [9.17, 15) is 9.59 Å². The van der Waals surface area contributed by atoms with Crippen LogP contribution in [-0.4, -0.2) is 40.1 Å². The second-order valence-corrected chi connectivity index (χ2v) is 5.35. The number of hydrogen-bond acceptors (Lipinski definition) is 3. The summed E-state index contributed by atoms with van der Waals surface area (Å²) in [5.41, 5.74) is 0.790. The van der Waals surface area contributed by atoms with E-state index in [1.807, 2.05) is 11.8 Å². The van der Waals surface area contributed by atoms with Gasteiger partial charge in [-0.3, -0.25) is 0 Å². The Kier molecular flexibility index (Phi) is 5.14. The van der Waals surface area contributed by atoms with Crippen LogP contribution >= 0.6 is 0 Å². The zero-order valence-corrected chi connectivity index (χ0v) is 12.2. The third-order valence-electron chi connectivity index (χ3n) is 3.86. The number of rotatable bonds is 6. The van der Waals surface area contributed by atoms with Crippen LogP contribution in [0.3, 0.4) is 0 Å². The second kappa shape index (κ2) is 7.06. The van der Waals surface area contributed by atoms with Crippen LogP contribution in [0, 0.1) is 5.92 Å². The minimum Gasteiger partial charge on any atom is -0.477 e. The fraction of sp³-hybridized carbons (Fsp3) is 0.533.